The molecule has 0 aliphatic heterocycles. The van der Waals surface area contributed by atoms with E-state index in [0.717, 1.165) is 10.9 Å². The Labute approximate surface area is 122 Å². The molecule has 2 aromatic heterocycles. The van der Waals surface area contributed by atoms with Gasteiger partial charge in [0.2, 0.25) is 5.82 Å². The van der Waals surface area contributed by atoms with Crippen LogP contribution in [0.4, 0.5) is 13.2 Å². The third-order valence-electron chi connectivity index (χ3n) is 2.93. The Bertz CT molecular complexity index is 871. The lowest BCUT2D eigenvalue weighted by molar-refractivity contribution is -0.144. The van der Waals surface area contributed by atoms with Gasteiger partial charge in [-0.3, -0.25) is 4.98 Å². The molecule has 0 aliphatic carbocycles. The number of H-pyrrole nitrogens is 1. The number of alkyl halides is 3. The van der Waals surface area contributed by atoms with Crippen LogP contribution in [0.5, 0.6) is 0 Å². The van der Waals surface area contributed by atoms with Crippen molar-refractivity contribution in [3.8, 4) is 11.3 Å². The number of nitrogens with one attached hydrogen (secondary N) is 1. The van der Waals surface area contributed by atoms with Crippen molar-refractivity contribution >= 4 is 23.1 Å². The van der Waals surface area contributed by atoms with Crippen molar-refractivity contribution in [1.29, 1.82) is 0 Å². The topological polar surface area (TPSA) is 41.6 Å². The first-order valence-corrected chi connectivity index (χ1v) is 6.38. The van der Waals surface area contributed by atoms with Crippen molar-refractivity contribution in [1.82, 2.24) is 15.0 Å². The highest BCUT2D eigenvalue weighted by Crippen LogP contribution is 2.28. The number of rotatable bonds is 1. The molecule has 3 rings (SSSR count). The molecule has 0 unspecified atom stereocenters. The normalized spacial score (nSPS) is 11.8. The fraction of sp³-hybridized carbons (Fsp3) is 0.0714. The molecule has 0 saturated heterocycles. The molecule has 0 aliphatic rings. The van der Waals surface area contributed by atoms with Crippen LogP contribution < -0.4 is 0 Å². The van der Waals surface area contributed by atoms with Gasteiger partial charge in [0.1, 0.15) is 4.64 Å². The Morgan fingerprint density at radius 2 is 1.90 bits per heavy atom. The average molecular weight is 307 g/mol. The Morgan fingerprint density at radius 1 is 1.10 bits per heavy atom. The second-order valence-corrected chi connectivity index (χ2v) is 4.81. The fourth-order valence-electron chi connectivity index (χ4n) is 1.99. The second kappa shape index (κ2) is 4.92. The molecule has 0 fully saturated rings. The molecule has 3 nitrogen and oxygen atoms in total. The van der Waals surface area contributed by atoms with Crippen LogP contribution in [0.2, 0.25) is 0 Å². The van der Waals surface area contributed by atoms with Gasteiger partial charge in [-0.15, -0.1) is 0 Å². The minimum Gasteiger partial charge on any atom is -0.336 e. The smallest absolute Gasteiger partial charge is 0.336 e. The van der Waals surface area contributed by atoms with Crippen LogP contribution in [0, 0.1) is 4.64 Å². The van der Waals surface area contributed by atoms with Crippen LogP contribution in [0.3, 0.4) is 0 Å². The quantitative estimate of drug-likeness (QED) is 0.679. The van der Waals surface area contributed by atoms with Gasteiger partial charge in [-0.1, -0.05) is 24.4 Å². The molecule has 0 radical (unpaired) electrons. The molecule has 0 atom stereocenters. The number of aromatic amines is 1. The van der Waals surface area contributed by atoms with Gasteiger partial charge in [-0.2, -0.15) is 13.2 Å². The highest BCUT2D eigenvalue weighted by molar-refractivity contribution is 7.71. The van der Waals surface area contributed by atoms with E-state index < -0.39 is 12.0 Å². The van der Waals surface area contributed by atoms with E-state index in [1.807, 2.05) is 6.07 Å². The number of fused-ring (bicyclic) bond motifs is 1. The van der Waals surface area contributed by atoms with E-state index in [1.54, 1.807) is 30.5 Å². The van der Waals surface area contributed by atoms with Crippen molar-refractivity contribution in [2.45, 2.75) is 6.18 Å². The van der Waals surface area contributed by atoms with Gasteiger partial charge >= 0.3 is 6.18 Å². The lowest BCUT2D eigenvalue weighted by atomic mass is 10.1. The maximum atomic E-state index is 12.8. The summed E-state index contributed by atoms with van der Waals surface area (Å²) in [6.45, 7) is 0. The maximum Gasteiger partial charge on any atom is 0.449 e. The number of benzene rings is 1. The molecular weight excluding hydrogens is 299 g/mol. The predicted octanol–water partition coefficient (Wildman–Crippen LogP) is 4.37. The van der Waals surface area contributed by atoms with Crippen molar-refractivity contribution < 1.29 is 13.2 Å². The van der Waals surface area contributed by atoms with Gasteiger partial charge in [0, 0.05) is 17.3 Å². The Kier molecular flexibility index (Phi) is 3.21. The van der Waals surface area contributed by atoms with Crippen molar-refractivity contribution in [2.75, 3.05) is 0 Å². The highest BCUT2D eigenvalue weighted by atomic mass is 32.1. The first-order chi connectivity index (χ1) is 9.93. The number of aromatic nitrogens is 3. The number of pyridine rings is 1. The molecule has 0 saturated carbocycles. The van der Waals surface area contributed by atoms with E-state index in [0.29, 0.717) is 5.56 Å². The molecule has 1 aromatic carbocycles. The van der Waals surface area contributed by atoms with E-state index >= 15 is 0 Å². The van der Waals surface area contributed by atoms with Crippen LogP contribution in [0.1, 0.15) is 5.82 Å². The first-order valence-electron chi connectivity index (χ1n) is 5.97. The lowest BCUT2D eigenvalue weighted by Crippen LogP contribution is -2.11. The molecule has 0 spiro atoms. The summed E-state index contributed by atoms with van der Waals surface area (Å²) >= 11 is 4.81. The van der Waals surface area contributed by atoms with E-state index in [1.165, 1.54) is 6.07 Å². The summed E-state index contributed by atoms with van der Waals surface area (Å²) < 4.78 is 38.2. The highest BCUT2D eigenvalue weighted by Gasteiger charge is 2.34. The summed E-state index contributed by atoms with van der Waals surface area (Å²) in [4.78, 5) is 9.77. The molecule has 106 valence electrons. The van der Waals surface area contributed by atoms with Crippen LogP contribution in [0.25, 0.3) is 22.2 Å². The van der Waals surface area contributed by atoms with E-state index in [4.69, 9.17) is 12.2 Å². The van der Waals surface area contributed by atoms with Crippen LogP contribution in [-0.2, 0) is 6.18 Å². The Hall–Kier alpha value is -2.28. The Balaban J connectivity index is 2.18. The standard InChI is InChI=1S/C14H8F3N3S/c15-14(16,17)13-19-11(7-12(21)20-13)9-3-4-10-8(6-9)2-1-5-18-10/h1-7H,(H,19,20,21). The van der Waals surface area contributed by atoms with E-state index in [-0.39, 0.29) is 10.3 Å². The molecule has 3 aromatic rings. The molecule has 1 N–H and O–H groups in total. The molecular formula is C14H8F3N3S. The Morgan fingerprint density at radius 3 is 2.67 bits per heavy atom. The van der Waals surface area contributed by atoms with Gasteiger partial charge in [0.25, 0.3) is 0 Å². The van der Waals surface area contributed by atoms with E-state index in [9.17, 15) is 13.2 Å². The summed E-state index contributed by atoms with van der Waals surface area (Å²) in [6, 6.07) is 10.2. The molecule has 7 heteroatoms. The van der Waals surface area contributed by atoms with Crippen molar-refractivity contribution in [3.63, 3.8) is 0 Å². The number of nitrogens with zero attached hydrogens (tertiary/aromatic N) is 2. The largest absolute Gasteiger partial charge is 0.449 e. The monoisotopic (exact) mass is 307 g/mol. The van der Waals surface area contributed by atoms with Gasteiger partial charge in [-0.25, -0.2) is 4.98 Å². The molecule has 0 amide bonds. The maximum absolute atomic E-state index is 12.8. The van der Waals surface area contributed by atoms with Gasteiger partial charge < -0.3 is 4.98 Å². The van der Waals surface area contributed by atoms with Gasteiger partial charge in [0.05, 0.1) is 5.52 Å². The second-order valence-electron chi connectivity index (χ2n) is 4.39. The summed E-state index contributed by atoms with van der Waals surface area (Å²) in [7, 11) is 0. The summed E-state index contributed by atoms with van der Waals surface area (Å²) in [5.41, 5.74) is 1.63. The summed E-state index contributed by atoms with van der Waals surface area (Å²) in [5, 5.41) is 0.833. The zero-order valence-corrected chi connectivity index (χ0v) is 11.3. The van der Waals surface area contributed by atoms with Crippen LogP contribution in [-0.4, -0.2) is 15.0 Å². The zero-order chi connectivity index (χ0) is 15.0. The predicted molar refractivity (Wildman–Crippen MR) is 75.2 cm³/mol. The number of hydrogen-bond acceptors (Lipinski definition) is 3. The average Bonchev–Trinajstić information content (AvgIpc) is 2.45. The molecule has 2 heterocycles. The zero-order valence-electron chi connectivity index (χ0n) is 10.5. The summed E-state index contributed by atoms with van der Waals surface area (Å²) in [5.74, 6) is -1.10. The van der Waals surface area contributed by atoms with Crippen molar-refractivity contribution in [2.24, 2.45) is 0 Å². The first kappa shape index (κ1) is 13.7. The van der Waals surface area contributed by atoms with Crippen molar-refractivity contribution in [3.05, 3.63) is 53.1 Å². The molecule has 21 heavy (non-hydrogen) atoms. The van der Waals surface area contributed by atoms with Gasteiger partial charge in [0.15, 0.2) is 0 Å². The lowest BCUT2D eigenvalue weighted by Gasteiger charge is -2.09. The van der Waals surface area contributed by atoms with Crippen LogP contribution >= 0.6 is 12.2 Å². The third-order valence-corrected chi connectivity index (χ3v) is 3.13. The van der Waals surface area contributed by atoms with E-state index in [2.05, 4.69) is 15.0 Å². The molecule has 0 bridgehead atoms. The third kappa shape index (κ3) is 2.78. The minimum absolute atomic E-state index is 0.109. The van der Waals surface area contributed by atoms with Crippen LogP contribution in [0.15, 0.2) is 42.6 Å². The number of halogens is 3. The van der Waals surface area contributed by atoms with Gasteiger partial charge in [-0.05, 0) is 29.8 Å². The summed E-state index contributed by atoms with van der Waals surface area (Å²) in [6.07, 6.45) is -2.91. The SMILES string of the molecule is FC(F)(F)c1nc(=S)cc(-c2ccc3ncccc3c2)[nH]1. The fourth-order valence-corrected chi connectivity index (χ4v) is 2.20. The minimum atomic E-state index is -4.57. The number of hydrogen-bond donors (Lipinski definition) is 1.